The molecule has 3 aromatic rings. The van der Waals surface area contributed by atoms with Gasteiger partial charge in [0.05, 0.1) is 13.0 Å². The van der Waals surface area contributed by atoms with Gasteiger partial charge >= 0.3 is 0 Å². The lowest BCUT2D eigenvalue weighted by Crippen LogP contribution is -2.23. The summed E-state index contributed by atoms with van der Waals surface area (Å²) in [6.45, 7) is 3.12. The van der Waals surface area contributed by atoms with E-state index in [0.29, 0.717) is 11.7 Å². The van der Waals surface area contributed by atoms with E-state index in [1.165, 1.54) is 5.56 Å². The van der Waals surface area contributed by atoms with Crippen LogP contribution in [0.4, 0.5) is 0 Å². The van der Waals surface area contributed by atoms with E-state index in [1.54, 1.807) is 7.11 Å². The molecule has 134 valence electrons. The monoisotopic (exact) mass is 349 g/mol. The second-order valence-electron chi connectivity index (χ2n) is 6.71. The normalized spacial score (nSPS) is 17.5. The van der Waals surface area contributed by atoms with Crippen LogP contribution in [0.3, 0.4) is 0 Å². The fourth-order valence-corrected chi connectivity index (χ4v) is 3.45. The smallest absolute Gasteiger partial charge is 0.231 e. The van der Waals surface area contributed by atoms with Crippen molar-refractivity contribution in [2.75, 3.05) is 26.7 Å². The molecule has 1 atom stereocenters. The highest BCUT2D eigenvalue weighted by Crippen LogP contribution is 2.28. The van der Waals surface area contributed by atoms with E-state index in [4.69, 9.17) is 9.26 Å². The molecular formula is C21H23N3O2. The van der Waals surface area contributed by atoms with Gasteiger partial charge in [-0.1, -0.05) is 47.6 Å². The first-order chi connectivity index (χ1) is 12.8. The Hall–Kier alpha value is -2.66. The molecule has 5 heteroatoms. The first-order valence-electron chi connectivity index (χ1n) is 9.06. The van der Waals surface area contributed by atoms with Crippen LogP contribution in [-0.4, -0.2) is 41.8 Å². The predicted molar refractivity (Wildman–Crippen MR) is 100 cm³/mol. The van der Waals surface area contributed by atoms with E-state index in [9.17, 15) is 0 Å². The first kappa shape index (κ1) is 16.8. The summed E-state index contributed by atoms with van der Waals surface area (Å²) in [4.78, 5) is 7.11. The predicted octanol–water partition coefficient (Wildman–Crippen LogP) is 3.78. The molecule has 1 saturated heterocycles. The largest absolute Gasteiger partial charge is 0.497 e. The zero-order chi connectivity index (χ0) is 17.8. The standard InChI is InChI=1S/C21H23N3O2/c1-25-19-9-5-8-17(14-19)20-22-21(26-23-20)18-11-13-24(15-18)12-10-16-6-3-2-4-7-16/h2-9,14,18H,10-13,15H2,1H3/t18-/m1/s1. The average molecular weight is 349 g/mol. The number of aromatic nitrogens is 2. The van der Waals surface area contributed by atoms with Crippen LogP contribution < -0.4 is 4.74 Å². The zero-order valence-electron chi connectivity index (χ0n) is 15.0. The third kappa shape index (κ3) is 3.78. The lowest BCUT2D eigenvalue weighted by Gasteiger charge is -2.14. The molecule has 0 spiro atoms. The Bertz CT molecular complexity index is 847. The molecule has 0 unspecified atom stereocenters. The van der Waals surface area contributed by atoms with Gasteiger partial charge in [0.1, 0.15) is 5.75 Å². The maximum atomic E-state index is 5.56. The Balaban J connectivity index is 1.37. The molecular weight excluding hydrogens is 326 g/mol. The van der Waals surface area contributed by atoms with Gasteiger partial charge in [0.25, 0.3) is 0 Å². The molecule has 0 amide bonds. The van der Waals surface area contributed by atoms with Crippen molar-refractivity contribution in [2.45, 2.75) is 18.8 Å². The highest BCUT2D eigenvalue weighted by molar-refractivity contribution is 5.56. The number of likely N-dealkylation sites (tertiary alicyclic amines) is 1. The van der Waals surface area contributed by atoms with E-state index >= 15 is 0 Å². The summed E-state index contributed by atoms with van der Waals surface area (Å²) in [6, 6.07) is 18.4. The highest BCUT2D eigenvalue weighted by atomic mass is 16.5. The first-order valence-corrected chi connectivity index (χ1v) is 9.06. The lowest BCUT2D eigenvalue weighted by atomic mass is 10.1. The summed E-state index contributed by atoms with van der Waals surface area (Å²) in [7, 11) is 1.66. The molecule has 2 aromatic carbocycles. The van der Waals surface area contributed by atoms with Crippen molar-refractivity contribution in [2.24, 2.45) is 0 Å². The van der Waals surface area contributed by atoms with E-state index in [1.807, 2.05) is 24.3 Å². The van der Waals surface area contributed by atoms with E-state index < -0.39 is 0 Å². The van der Waals surface area contributed by atoms with Gasteiger partial charge in [-0.15, -0.1) is 0 Å². The van der Waals surface area contributed by atoms with Crippen LogP contribution in [0.5, 0.6) is 5.75 Å². The summed E-state index contributed by atoms with van der Waals surface area (Å²) in [5.74, 6) is 2.48. The van der Waals surface area contributed by atoms with Gasteiger partial charge in [-0.2, -0.15) is 4.98 Å². The van der Waals surface area contributed by atoms with E-state index in [0.717, 1.165) is 49.7 Å². The van der Waals surface area contributed by atoms with Crippen molar-refractivity contribution >= 4 is 0 Å². The van der Waals surface area contributed by atoms with Gasteiger partial charge < -0.3 is 14.2 Å². The van der Waals surface area contributed by atoms with Crippen molar-refractivity contribution < 1.29 is 9.26 Å². The Morgan fingerprint density at radius 3 is 2.88 bits per heavy atom. The van der Waals surface area contributed by atoms with Gasteiger partial charge in [-0.3, -0.25) is 0 Å². The SMILES string of the molecule is COc1cccc(-c2noc([C@@H]3CCN(CCc4ccccc4)C3)n2)c1. The number of nitrogens with zero attached hydrogens (tertiary/aromatic N) is 3. The second kappa shape index (κ2) is 7.70. The van der Waals surface area contributed by atoms with E-state index in [-0.39, 0.29) is 0 Å². The Morgan fingerprint density at radius 2 is 2.04 bits per heavy atom. The quantitative estimate of drug-likeness (QED) is 0.678. The highest BCUT2D eigenvalue weighted by Gasteiger charge is 2.28. The second-order valence-corrected chi connectivity index (χ2v) is 6.71. The summed E-state index contributed by atoms with van der Waals surface area (Å²) in [5, 5.41) is 4.16. The van der Waals surface area contributed by atoms with Crippen molar-refractivity contribution in [1.82, 2.24) is 15.0 Å². The third-order valence-corrected chi connectivity index (χ3v) is 4.95. The molecule has 1 aliphatic heterocycles. The minimum absolute atomic E-state index is 0.317. The van der Waals surface area contributed by atoms with Gasteiger partial charge in [0.2, 0.25) is 11.7 Å². The van der Waals surface area contributed by atoms with Crippen molar-refractivity contribution in [3.8, 4) is 17.1 Å². The molecule has 26 heavy (non-hydrogen) atoms. The van der Waals surface area contributed by atoms with Crippen LogP contribution in [0.2, 0.25) is 0 Å². The molecule has 0 saturated carbocycles. The Kier molecular flexibility index (Phi) is 4.97. The molecule has 4 rings (SSSR count). The van der Waals surface area contributed by atoms with Gasteiger partial charge in [0, 0.05) is 18.7 Å². The molecule has 1 aromatic heterocycles. The Morgan fingerprint density at radius 1 is 1.15 bits per heavy atom. The molecule has 1 aliphatic rings. The average Bonchev–Trinajstić information content (AvgIpc) is 3.37. The fraction of sp³-hybridized carbons (Fsp3) is 0.333. The number of hydrogen-bond donors (Lipinski definition) is 0. The summed E-state index contributed by atoms with van der Waals surface area (Å²) >= 11 is 0. The molecule has 1 fully saturated rings. The minimum Gasteiger partial charge on any atom is -0.497 e. The zero-order valence-corrected chi connectivity index (χ0v) is 15.0. The molecule has 0 bridgehead atoms. The summed E-state index contributed by atoms with van der Waals surface area (Å²) < 4.78 is 10.8. The topological polar surface area (TPSA) is 51.4 Å². The number of benzene rings is 2. The Labute approximate surface area is 153 Å². The van der Waals surface area contributed by atoms with E-state index in [2.05, 4.69) is 45.4 Å². The number of hydrogen-bond acceptors (Lipinski definition) is 5. The van der Waals surface area contributed by atoms with Crippen molar-refractivity contribution in [3.63, 3.8) is 0 Å². The van der Waals surface area contributed by atoms with Crippen LogP contribution in [0.15, 0.2) is 59.1 Å². The maximum Gasteiger partial charge on any atom is 0.231 e. The molecule has 0 aliphatic carbocycles. The fourth-order valence-electron chi connectivity index (χ4n) is 3.45. The maximum absolute atomic E-state index is 5.56. The number of ether oxygens (including phenoxy) is 1. The number of rotatable bonds is 6. The van der Waals surface area contributed by atoms with Gasteiger partial charge in [-0.05, 0) is 37.1 Å². The summed E-state index contributed by atoms with van der Waals surface area (Å²) in [5.41, 5.74) is 2.30. The lowest BCUT2D eigenvalue weighted by molar-refractivity contribution is 0.318. The summed E-state index contributed by atoms with van der Waals surface area (Å²) in [6.07, 6.45) is 2.14. The van der Waals surface area contributed by atoms with Crippen LogP contribution >= 0.6 is 0 Å². The molecule has 2 heterocycles. The third-order valence-electron chi connectivity index (χ3n) is 4.95. The van der Waals surface area contributed by atoms with Crippen LogP contribution in [0.25, 0.3) is 11.4 Å². The minimum atomic E-state index is 0.317. The van der Waals surface area contributed by atoms with Crippen LogP contribution in [-0.2, 0) is 6.42 Å². The van der Waals surface area contributed by atoms with Gasteiger partial charge in [-0.25, -0.2) is 0 Å². The van der Waals surface area contributed by atoms with Crippen LogP contribution in [0.1, 0.15) is 23.8 Å². The van der Waals surface area contributed by atoms with Gasteiger partial charge in [0.15, 0.2) is 0 Å². The van der Waals surface area contributed by atoms with Crippen molar-refractivity contribution in [1.29, 1.82) is 0 Å². The van der Waals surface area contributed by atoms with Crippen LogP contribution in [0, 0.1) is 0 Å². The molecule has 5 nitrogen and oxygen atoms in total. The molecule has 0 N–H and O–H groups in total. The number of methoxy groups -OCH3 is 1. The molecule has 0 radical (unpaired) electrons. The van der Waals surface area contributed by atoms with Crippen molar-refractivity contribution in [3.05, 3.63) is 66.1 Å².